The molecule has 23 heavy (non-hydrogen) atoms. The Balaban J connectivity index is 1.40. The van der Waals surface area contributed by atoms with E-state index in [2.05, 4.69) is 10.6 Å². The first-order chi connectivity index (χ1) is 11.2. The first kappa shape index (κ1) is 14.7. The molecular formula is C18H20N2O2S. The largest absolute Gasteiger partial charge is 0.447 e. The Bertz CT molecular complexity index is 727. The number of ether oxygens (including phenoxy) is 1. The van der Waals surface area contributed by atoms with Crippen LogP contribution in [0.4, 0.5) is 0 Å². The summed E-state index contributed by atoms with van der Waals surface area (Å²) in [4.78, 5) is 13.1. The molecular weight excluding hydrogens is 308 g/mol. The van der Waals surface area contributed by atoms with Crippen molar-refractivity contribution < 1.29 is 9.53 Å². The quantitative estimate of drug-likeness (QED) is 0.903. The number of carbonyl (C=O) groups is 1. The average molecular weight is 328 g/mol. The Labute approximate surface area is 139 Å². The van der Waals surface area contributed by atoms with Gasteiger partial charge in [-0.2, -0.15) is 0 Å². The summed E-state index contributed by atoms with van der Waals surface area (Å²) >= 11 is 1.39. The van der Waals surface area contributed by atoms with E-state index in [0.29, 0.717) is 17.0 Å². The SMILES string of the molecule is Cc1cccc(Oc2ccc(C(=O)NC3CC4CCC3N4)s2)c1. The highest BCUT2D eigenvalue weighted by atomic mass is 32.1. The second kappa shape index (κ2) is 5.98. The van der Waals surface area contributed by atoms with Gasteiger partial charge in [-0.25, -0.2) is 0 Å². The normalized spacial score (nSPS) is 25.5. The van der Waals surface area contributed by atoms with Gasteiger partial charge >= 0.3 is 0 Å². The molecule has 2 fully saturated rings. The minimum absolute atomic E-state index is 0.00782. The smallest absolute Gasteiger partial charge is 0.261 e. The van der Waals surface area contributed by atoms with Gasteiger partial charge in [0.25, 0.3) is 5.91 Å². The molecule has 4 rings (SSSR count). The summed E-state index contributed by atoms with van der Waals surface area (Å²) in [6, 6.07) is 12.9. The number of rotatable bonds is 4. The molecule has 5 heteroatoms. The number of hydrogen-bond acceptors (Lipinski definition) is 4. The molecule has 3 atom stereocenters. The average Bonchev–Trinajstić information content (AvgIpc) is 3.23. The number of nitrogens with one attached hydrogen (secondary N) is 2. The third-order valence-electron chi connectivity index (χ3n) is 4.63. The number of fused-ring (bicyclic) bond motifs is 2. The van der Waals surface area contributed by atoms with Crippen LogP contribution < -0.4 is 15.4 Å². The molecule has 2 aliphatic heterocycles. The lowest BCUT2D eigenvalue weighted by Gasteiger charge is -2.20. The van der Waals surface area contributed by atoms with Crippen LogP contribution in [-0.4, -0.2) is 24.0 Å². The minimum atomic E-state index is 0.00782. The summed E-state index contributed by atoms with van der Waals surface area (Å²) < 4.78 is 5.84. The van der Waals surface area contributed by atoms with Crippen molar-refractivity contribution in [2.24, 2.45) is 0 Å². The molecule has 3 heterocycles. The van der Waals surface area contributed by atoms with Crippen molar-refractivity contribution in [3.05, 3.63) is 46.8 Å². The second-order valence-corrected chi connectivity index (χ2v) is 7.45. The first-order valence-corrected chi connectivity index (χ1v) is 8.90. The lowest BCUT2D eigenvalue weighted by atomic mass is 9.95. The Morgan fingerprint density at radius 3 is 2.96 bits per heavy atom. The lowest BCUT2D eigenvalue weighted by Crippen LogP contribution is -2.42. The van der Waals surface area contributed by atoms with Crippen molar-refractivity contribution in [3.63, 3.8) is 0 Å². The highest BCUT2D eigenvalue weighted by Gasteiger charge is 2.39. The van der Waals surface area contributed by atoms with E-state index in [0.717, 1.165) is 22.8 Å². The third kappa shape index (κ3) is 3.12. The van der Waals surface area contributed by atoms with Crippen molar-refractivity contribution >= 4 is 17.2 Å². The summed E-state index contributed by atoms with van der Waals surface area (Å²) in [6.07, 6.45) is 3.46. The molecule has 0 saturated carbocycles. The minimum Gasteiger partial charge on any atom is -0.447 e. The predicted octanol–water partition coefficient (Wildman–Crippen LogP) is 3.47. The molecule has 3 unspecified atom stereocenters. The molecule has 4 nitrogen and oxygen atoms in total. The van der Waals surface area contributed by atoms with E-state index in [9.17, 15) is 4.79 Å². The van der Waals surface area contributed by atoms with Crippen molar-refractivity contribution in [2.75, 3.05) is 0 Å². The van der Waals surface area contributed by atoms with Gasteiger partial charge in [0, 0.05) is 18.1 Å². The molecule has 2 saturated heterocycles. The van der Waals surface area contributed by atoms with Gasteiger partial charge in [-0.05, 0) is 56.0 Å². The third-order valence-corrected chi connectivity index (χ3v) is 5.59. The van der Waals surface area contributed by atoms with Crippen LogP contribution in [0, 0.1) is 6.92 Å². The van der Waals surface area contributed by atoms with Crippen LogP contribution in [0.25, 0.3) is 0 Å². The van der Waals surface area contributed by atoms with E-state index < -0.39 is 0 Å². The van der Waals surface area contributed by atoms with Gasteiger partial charge in [-0.3, -0.25) is 4.79 Å². The Morgan fingerprint density at radius 1 is 1.30 bits per heavy atom. The van der Waals surface area contributed by atoms with Crippen molar-refractivity contribution in [2.45, 2.75) is 44.3 Å². The van der Waals surface area contributed by atoms with Gasteiger partial charge in [0.05, 0.1) is 4.88 Å². The molecule has 1 aromatic carbocycles. The van der Waals surface area contributed by atoms with Crippen molar-refractivity contribution in [1.82, 2.24) is 10.6 Å². The fraction of sp³-hybridized carbons (Fsp3) is 0.389. The van der Waals surface area contributed by atoms with E-state index in [1.165, 1.54) is 24.2 Å². The van der Waals surface area contributed by atoms with Crippen molar-refractivity contribution in [3.8, 4) is 10.8 Å². The summed E-state index contributed by atoms with van der Waals surface area (Å²) in [5, 5.41) is 7.45. The lowest BCUT2D eigenvalue weighted by molar-refractivity contribution is 0.0935. The molecule has 2 bridgehead atoms. The van der Waals surface area contributed by atoms with E-state index >= 15 is 0 Å². The molecule has 2 aromatic rings. The molecule has 2 aliphatic rings. The van der Waals surface area contributed by atoms with Crippen LogP contribution in [0.15, 0.2) is 36.4 Å². The summed E-state index contributed by atoms with van der Waals surface area (Å²) in [5.74, 6) is 0.810. The van der Waals surface area contributed by atoms with Gasteiger partial charge < -0.3 is 15.4 Å². The zero-order valence-corrected chi connectivity index (χ0v) is 13.9. The van der Waals surface area contributed by atoms with Gasteiger partial charge in [0.1, 0.15) is 5.75 Å². The van der Waals surface area contributed by atoms with E-state index in [1.54, 1.807) is 0 Å². The molecule has 120 valence electrons. The first-order valence-electron chi connectivity index (χ1n) is 8.09. The summed E-state index contributed by atoms with van der Waals surface area (Å²) in [5.41, 5.74) is 1.15. The fourth-order valence-electron chi connectivity index (χ4n) is 3.52. The number of thiophene rings is 1. The Morgan fingerprint density at radius 2 is 2.22 bits per heavy atom. The molecule has 1 aromatic heterocycles. The zero-order chi connectivity index (χ0) is 15.8. The van der Waals surface area contributed by atoms with Gasteiger partial charge in [-0.1, -0.05) is 23.5 Å². The molecule has 0 aliphatic carbocycles. The number of hydrogen-bond donors (Lipinski definition) is 2. The van der Waals surface area contributed by atoms with Crippen LogP contribution in [-0.2, 0) is 0 Å². The monoisotopic (exact) mass is 328 g/mol. The van der Waals surface area contributed by atoms with Gasteiger partial charge in [0.15, 0.2) is 5.06 Å². The number of carbonyl (C=O) groups excluding carboxylic acids is 1. The van der Waals surface area contributed by atoms with Crippen LogP contribution in [0.1, 0.15) is 34.5 Å². The standard InChI is InChI=1S/C18H20N2O2S/c1-11-3-2-4-13(9-11)22-17-8-7-16(23-17)18(21)20-15-10-12-5-6-14(15)19-12/h2-4,7-9,12,14-15,19H,5-6,10H2,1H3,(H,20,21). The van der Waals surface area contributed by atoms with Crippen LogP contribution in [0.5, 0.6) is 10.8 Å². The van der Waals surface area contributed by atoms with Crippen LogP contribution in [0.3, 0.4) is 0 Å². The summed E-state index contributed by atoms with van der Waals surface area (Å²) in [6.45, 7) is 2.03. The highest BCUT2D eigenvalue weighted by molar-refractivity contribution is 7.15. The highest BCUT2D eigenvalue weighted by Crippen LogP contribution is 2.31. The number of benzene rings is 1. The van der Waals surface area contributed by atoms with Gasteiger partial charge in [-0.15, -0.1) is 0 Å². The van der Waals surface area contributed by atoms with E-state index in [1.807, 2.05) is 43.3 Å². The number of amides is 1. The Hall–Kier alpha value is -1.85. The molecule has 0 spiro atoms. The molecule has 0 radical (unpaired) electrons. The van der Waals surface area contributed by atoms with Crippen molar-refractivity contribution in [1.29, 1.82) is 0 Å². The maximum absolute atomic E-state index is 12.4. The number of aryl methyl sites for hydroxylation is 1. The van der Waals surface area contributed by atoms with Gasteiger partial charge in [0.2, 0.25) is 0 Å². The predicted molar refractivity (Wildman–Crippen MR) is 91.4 cm³/mol. The van der Waals surface area contributed by atoms with Crippen LogP contribution >= 0.6 is 11.3 Å². The second-order valence-electron chi connectivity index (χ2n) is 6.40. The zero-order valence-electron chi connectivity index (χ0n) is 13.0. The topological polar surface area (TPSA) is 50.4 Å². The Kier molecular flexibility index (Phi) is 3.83. The fourth-order valence-corrected chi connectivity index (χ4v) is 4.29. The maximum Gasteiger partial charge on any atom is 0.261 e. The van der Waals surface area contributed by atoms with E-state index in [-0.39, 0.29) is 11.9 Å². The van der Waals surface area contributed by atoms with E-state index in [4.69, 9.17) is 4.74 Å². The molecule has 1 amide bonds. The van der Waals surface area contributed by atoms with Crippen LogP contribution in [0.2, 0.25) is 0 Å². The summed E-state index contributed by atoms with van der Waals surface area (Å²) in [7, 11) is 0. The molecule has 2 N–H and O–H groups in total. The maximum atomic E-state index is 12.4.